The predicted molar refractivity (Wildman–Crippen MR) is 72.8 cm³/mol. The molecule has 0 spiro atoms. The van der Waals surface area contributed by atoms with Crippen LogP contribution in [0.15, 0.2) is 48.8 Å². The fourth-order valence-corrected chi connectivity index (χ4v) is 1.59. The molecule has 0 radical (unpaired) electrons. The Labute approximate surface area is 113 Å². The number of hydrogen-bond donors (Lipinski definition) is 0. The van der Waals surface area contributed by atoms with Crippen molar-refractivity contribution in [3.05, 3.63) is 48.8 Å². The van der Waals surface area contributed by atoms with Gasteiger partial charge in [-0.1, -0.05) is 12.1 Å². The molecule has 0 unspecified atom stereocenters. The van der Waals surface area contributed by atoms with E-state index in [9.17, 15) is 0 Å². The van der Waals surface area contributed by atoms with Gasteiger partial charge in [0.15, 0.2) is 11.5 Å². The minimum atomic E-state index is 0.457. The molecule has 1 aromatic heterocycles. The Bertz CT molecular complexity index is 488. The van der Waals surface area contributed by atoms with Crippen molar-refractivity contribution in [2.45, 2.75) is 6.92 Å². The fourth-order valence-electron chi connectivity index (χ4n) is 1.59. The highest BCUT2D eigenvalue weighted by Crippen LogP contribution is 2.26. The van der Waals surface area contributed by atoms with Crippen LogP contribution in [0.3, 0.4) is 0 Å². The third-order valence-corrected chi connectivity index (χ3v) is 2.39. The van der Waals surface area contributed by atoms with E-state index in [0.717, 1.165) is 17.2 Å². The molecular weight excluding hydrogens is 242 g/mol. The highest BCUT2D eigenvalue weighted by atomic mass is 16.5. The van der Waals surface area contributed by atoms with Crippen LogP contribution >= 0.6 is 0 Å². The lowest BCUT2D eigenvalue weighted by molar-refractivity contribution is 0.208. The van der Waals surface area contributed by atoms with Gasteiger partial charge >= 0.3 is 0 Å². The van der Waals surface area contributed by atoms with Gasteiger partial charge in [-0.2, -0.15) is 0 Å². The topological polar surface area (TPSA) is 40.6 Å². The van der Waals surface area contributed by atoms with Crippen LogP contribution in [0, 0.1) is 0 Å². The Morgan fingerprint density at radius 1 is 0.895 bits per heavy atom. The minimum Gasteiger partial charge on any atom is -0.490 e. The zero-order valence-electron chi connectivity index (χ0n) is 10.9. The second kappa shape index (κ2) is 7.26. The van der Waals surface area contributed by atoms with Gasteiger partial charge in [-0.25, -0.2) is 0 Å². The third kappa shape index (κ3) is 4.17. The molecule has 0 aliphatic carbocycles. The first-order valence-electron chi connectivity index (χ1n) is 6.27. The first-order valence-corrected chi connectivity index (χ1v) is 6.27. The van der Waals surface area contributed by atoms with Gasteiger partial charge in [0.25, 0.3) is 0 Å². The summed E-state index contributed by atoms with van der Waals surface area (Å²) in [5.41, 5.74) is 0. The van der Waals surface area contributed by atoms with Crippen LogP contribution in [-0.4, -0.2) is 24.8 Å². The van der Waals surface area contributed by atoms with Crippen molar-refractivity contribution in [3.8, 4) is 17.2 Å². The van der Waals surface area contributed by atoms with Crippen LogP contribution in [0.2, 0.25) is 0 Å². The number of pyridine rings is 1. The Kier molecular flexibility index (Phi) is 5.05. The molecule has 19 heavy (non-hydrogen) atoms. The van der Waals surface area contributed by atoms with Crippen LogP contribution < -0.4 is 14.2 Å². The van der Waals surface area contributed by atoms with Crippen molar-refractivity contribution in [1.29, 1.82) is 0 Å². The molecule has 1 aromatic carbocycles. The Balaban J connectivity index is 1.79. The van der Waals surface area contributed by atoms with Crippen molar-refractivity contribution in [1.82, 2.24) is 4.98 Å². The van der Waals surface area contributed by atoms with Crippen LogP contribution in [0.1, 0.15) is 6.92 Å². The van der Waals surface area contributed by atoms with Crippen LogP contribution in [0.5, 0.6) is 17.2 Å². The van der Waals surface area contributed by atoms with Crippen molar-refractivity contribution in [3.63, 3.8) is 0 Å². The molecule has 0 aliphatic heterocycles. The average Bonchev–Trinajstić information content (AvgIpc) is 2.47. The Hall–Kier alpha value is -2.23. The van der Waals surface area contributed by atoms with Crippen LogP contribution in [-0.2, 0) is 0 Å². The molecule has 4 nitrogen and oxygen atoms in total. The van der Waals surface area contributed by atoms with Gasteiger partial charge in [-0.15, -0.1) is 0 Å². The number of ether oxygens (including phenoxy) is 3. The summed E-state index contributed by atoms with van der Waals surface area (Å²) >= 11 is 0. The summed E-state index contributed by atoms with van der Waals surface area (Å²) in [6, 6.07) is 11.3. The van der Waals surface area contributed by atoms with E-state index < -0.39 is 0 Å². The standard InChI is InChI=1S/C15H17NO3/c1-2-17-14-7-3-4-8-15(14)19-11-10-18-13-6-5-9-16-12-13/h3-9,12H,2,10-11H2,1H3. The lowest BCUT2D eigenvalue weighted by atomic mass is 10.3. The van der Waals surface area contributed by atoms with E-state index in [0.29, 0.717) is 19.8 Å². The molecule has 1 heterocycles. The fraction of sp³-hybridized carbons (Fsp3) is 0.267. The summed E-state index contributed by atoms with van der Waals surface area (Å²) in [5, 5.41) is 0. The molecule has 0 saturated carbocycles. The molecule has 0 amide bonds. The van der Waals surface area contributed by atoms with Gasteiger partial charge in [0.2, 0.25) is 0 Å². The van der Waals surface area contributed by atoms with E-state index in [4.69, 9.17) is 14.2 Å². The van der Waals surface area contributed by atoms with Crippen molar-refractivity contribution in [2.24, 2.45) is 0 Å². The summed E-state index contributed by atoms with van der Waals surface area (Å²) in [6.07, 6.45) is 3.38. The number of benzene rings is 1. The maximum atomic E-state index is 5.64. The van der Waals surface area contributed by atoms with E-state index in [1.807, 2.05) is 43.3 Å². The van der Waals surface area contributed by atoms with Gasteiger partial charge in [0.05, 0.1) is 12.8 Å². The molecule has 4 heteroatoms. The van der Waals surface area contributed by atoms with Gasteiger partial charge in [-0.3, -0.25) is 4.98 Å². The maximum absolute atomic E-state index is 5.64. The summed E-state index contributed by atoms with van der Waals surface area (Å²) in [4.78, 5) is 3.97. The van der Waals surface area contributed by atoms with E-state index >= 15 is 0 Å². The third-order valence-electron chi connectivity index (χ3n) is 2.39. The highest BCUT2D eigenvalue weighted by molar-refractivity contribution is 5.39. The molecule has 2 rings (SSSR count). The zero-order valence-corrected chi connectivity index (χ0v) is 10.9. The summed E-state index contributed by atoms with van der Waals surface area (Å²) in [7, 11) is 0. The minimum absolute atomic E-state index is 0.457. The van der Waals surface area contributed by atoms with Crippen LogP contribution in [0.25, 0.3) is 0 Å². The molecule has 0 atom stereocenters. The first-order chi connectivity index (χ1) is 9.40. The summed E-state index contributed by atoms with van der Waals surface area (Å²) in [6.45, 7) is 3.49. The predicted octanol–water partition coefficient (Wildman–Crippen LogP) is 2.94. The quantitative estimate of drug-likeness (QED) is 0.717. The molecule has 0 saturated heterocycles. The van der Waals surface area contributed by atoms with Crippen molar-refractivity contribution >= 4 is 0 Å². The highest BCUT2D eigenvalue weighted by Gasteiger charge is 2.03. The molecular formula is C15H17NO3. The monoisotopic (exact) mass is 259 g/mol. The SMILES string of the molecule is CCOc1ccccc1OCCOc1cccnc1. The molecule has 0 aliphatic rings. The maximum Gasteiger partial charge on any atom is 0.161 e. The van der Waals surface area contributed by atoms with Crippen LogP contribution in [0.4, 0.5) is 0 Å². The van der Waals surface area contributed by atoms with Crippen molar-refractivity contribution < 1.29 is 14.2 Å². The summed E-state index contributed by atoms with van der Waals surface area (Å²) in [5.74, 6) is 2.23. The number of para-hydroxylation sites is 2. The zero-order chi connectivity index (χ0) is 13.3. The van der Waals surface area contributed by atoms with E-state index in [2.05, 4.69) is 4.98 Å². The van der Waals surface area contributed by atoms with Crippen molar-refractivity contribution in [2.75, 3.05) is 19.8 Å². The largest absolute Gasteiger partial charge is 0.490 e. The number of rotatable bonds is 7. The van der Waals surface area contributed by atoms with E-state index in [1.165, 1.54) is 0 Å². The van der Waals surface area contributed by atoms with E-state index in [-0.39, 0.29) is 0 Å². The average molecular weight is 259 g/mol. The first kappa shape index (κ1) is 13.2. The molecule has 0 N–H and O–H groups in total. The number of nitrogens with zero attached hydrogens (tertiary/aromatic N) is 1. The van der Waals surface area contributed by atoms with Gasteiger partial charge < -0.3 is 14.2 Å². The Morgan fingerprint density at radius 2 is 1.63 bits per heavy atom. The lowest BCUT2D eigenvalue weighted by Crippen LogP contribution is -2.09. The second-order valence-corrected chi connectivity index (χ2v) is 3.77. The van der Waals surface area contributed by atoms with Gasteiger partial charge in [0, 0.05) is 6.20 Å². The molecule has 0 bridgehead atoms. The lowest BCUT2D eigenvalue weighted by Gasteiger charge is -2.11. The van der Waals surface area contributed by atoms with Gasteiger partial charge in [-0.05, 0) is 31.2 Å². The molecule has 100 valence electrons. The number of hydrogen-bond acceptors (Lipinski definition) is 4. The smallest absolute Gasteiger partial charge is 0.161 e. The summed E-state index contributed by atoms with van der Waals surface area (Å²) < 4.78 is 16.6. The molecule has 0 fully saturated rings. The second-order valence-electron chi connectivity index (χ2n) is 3.77. The van der Waals surface area contributed by atoms with E-state index in [1.54, 1.807) is 12.4 Å². The van der Waals surface area contributed by atoms with Gasteiger partial charge in [0.1, 0.15) is 19.0 Å². The molecule has 2 aromatic rings. The normalized spacial score (nSPS) is 9.95. The Morgan fingerprint density at radius 3 is 2.32 bits per heavy atom. The number of aromatic nitrogens is 1.